The Hall–Kier alpha value is -2.87. The first-order valence-electron chi connectivity index (χ1n) is 12.9. The number of aromatic nitrogens is 2. The van der Waals surface area contributed by atoms with Crippen molar-refractivity contribution in [2.24, 2.45) is 5.92 Å². The highest BCUT2D eigenvalue weighted by molar-refractivity contribution is 7.20. The fraction of sp³-hybridized carbons (Fsp3) is 0.345. The van der Waals surface area contributed by atoms with Gasteiger partial charge in [-0.1, -0.05) is 64.9 Å². The minimum Gasteiger partial charge on any atom is -0.466 e. The van der Waals surface area contributed by atoms with Crippen LogP contribution in [-0.4, -0.2) is 27.9 Å². The predicted molar refractivity (Wildman–Crippen MR) is 152 cm³/mol. The summed E-state index contributed by atoms with van der Waals surface area (Å²) in [6.45, 7) is 2.53. The molecule has 0 spiro atoms. The summed E-state index contributed by atoms with van der Waals surface area (Å²) in [6, 6.07) is 14.0. The van der Waals surface area contributed by atoms with Gasteiger partial charge in [-0.3, -0.25) is 14.0 Å². The minimum atomic E-state index is -0.278. The molecule has 4 aromatic rings. The number of hydrogen-bond donors (Lipinski definition) is 1. The number of fused-ring (bicyclic) bond motifs is 1. The summed E-state index contributed by atoms with van der Waals surface area (Å²) in [4.78, 5) is 30.8. The summed E-state index contributed by atoms with van der Waals surface area (Å²) >= 11 is 13.9. The van der Waals surface area contributed by atoms with Gasteiger partial charge >= 0.3 is 5.97 Å². The molecule has 0 atom stereocenters. The predicted octanol–water partition coefficient (Wildman–Crippen LogP) is 7.53. The highest BCUT2D eigenvalue weighted by atomic mass is 35.5. The molecule has 6 nitrogen and oxygen atoms in total. The van der Waals surface area contributed by atoms with Crippen LogP contribution in [0.2, 0.25) is 10.0 Å². The van der Waals surface area contributed by atoms with Crippen molar-refractivity contribution in [3.8, 4) is 10.4 Å². The number of carbonyl (C=O) groups excluding carboxylic acids is 2. The monoisotopic (exact) mass is 569 g/mol. The average Bonchev–Trinajstić information content (AvgIpc) is 3.49. The number of esters is 1. The molecule has 2 heterocycles. The lowest BCUT2D eigenvalue weighted by Crippen LogP contribution is -2.23. The van der Waals surface area contributed by atoms with Gasteiger partial charge in [0.25, 0.3) is 5.91 Å². The Labute approximate surface area is 235 Å². The quantitative estimate of drug-likeness (QED) is 0.222. The number of hydrogen-bond acceptors (Lipinski definition) is 5. The fourth-order valence-electron chi connectivity index (χ4n) is 5.07. The van der Waals surface area contributed by atoms with Gasteiger partial charge in [0.2, 0.25) is 0 Å². The van der Waals surface area contributed by atoms with Gasteiger partial charge in [-0.25, -0.2) is 4.98 Å². The average molecular weight is 571 g/mol. The van der Waals surface area contributed by atoms with Gasteiger partial charge in [0.1, 0.15) is 5.69 Å². The van der Waals surface area contributed by atoms with Gasteiger partial charge in [0.15, 0.2) is 4.96 Å². The number of nitrogens with zero attached hydrogens (tertiary/aromatic N) is 2. The number of rotatable bonds is 8. The summed E-state index contributed by atoms with van der Waals surface area (Å²) in [5.41, 5.74) is 3.50. The highest BCUT2D eigenvalue weighted by Crippen LogP contribution is 2.38. The van der Waals surface area contributed by atoms with Gasteiger partial charge in [0, 0.05) is 41.0 Å². The molecule has 38 heavy (non-hydrogen) atoms. The van der Waals surface area contributed by atoms with Crippen LogP contribution in [0.4, 0.5) is 0 Å². The van der Waals surface area contributed by atoms with Crippen LogP contribution >= 0.6 is 34.5 Å². The van der Waals surface area contributed by atoms with Gasteiger partial charge in [-0.05, 0) is 67.7 Å². The van der Waals surface area contributed by atoms with Crippen molar-refractivity contribution < 1.29 is 14.3 Å². The van der Waals surface area contributed by atoms with E-state index in [1.165, 1.54) is 5.56 Å². The molecule has 1 amide bonds. The lowest BCUT2D eigenvalue weighted by Gasteiger charge is -2.28. The standard InChI is InChI=1S/C29H29Cl2N3O3S/c1-2-37-27(35)14-18-6-8-19(9-7-18)20-10-12-21(13-11-20)26-17-34-16-25(33-29(34)38-26)28(36)32-15-22-23(30)4-3-5-24(22)31/h3-5,10-13,16-19H,2,6-9,14-15H2,1H3,(H,32,36)/t18-,19-. The number of amides is 1. The van der Waals surface area contributed by atoms with Crippen LogP contribution in [0.3, 0.4) is 0 Å². The fourth-order valence-corrected chi connectivity index (χ4v) is 6.58. The summed E-state index contributed by atoms with van der Waals surface area (Å²) < 4.78 is 6.99. The summed E-state index contributed by atoms with van der Waals surface area (Å²) in [7, 11) is 0. The summed E-state index contributed by atoms with van der Waals surface area (Å²) in [6.07, 6.45) is 8.61. The molecule has 1 fully saturated rings. The molecule has 198 valence electrons. The van der Waals surface area contributed by atoms with E-state index in [4.69, 9.17) is 27.9 Å². The van der Waals surface area contributed by atoms with E-state index >= 15 is 0 Å². The van der Waals surface area contributed by atoms with Crippen LogP contribution in [0.15, 0.2) is 54.9 Å². The van der Waals surface area contributed by atoms with Crippen molar-refractivity contribution in [1.29, 1.82) is 0 Å². The van der Waals surface area contributed by atoms with Crippen LogP contribution < -0.4 is 5.32 Å². The number of carbonyl (C=O) groups is 2. The molecule has 5 rings (SSSR count). The maximum Gasteiger partial charge on any atom is 0.306 e. The molecule has 0 radical (unpaired) electrons. The first-order chi connectivity index (χ1) is 18.4. The molecule has 1 N–H and O–H groups in total. The van der Waals surface area contributed by atoms with E-state index in [0.29, 0.717) is 46.2 Å². The van der Waals surface area contributed by atoms with Gasteiger partial charge in [-0.2, -0.15) is 0 Å². The summed E-state index contributed by atoms with van der Waals surface area (Å²) in [5.74, 6) is 0.620. The second kappa shape index (κ2) is 11.9. The van der Waals surface area contributed by atoms with E-state index in [9.17, 15) is 9.59 Å². The van der Waals surface area contributed by atoms with E-state index in [1.54, 1.807) is 35.7 Å². The number of benzene rings is 2. The molecule has 0 aliphatic heterocycles. The lowest BCUT2D eigenvalue weighted by molar-refractivity contribution is -0.144. The van der Waals surface area contributed by atoms with Gasteiger partial charge in [-0.15, -0.1) is 0 Å². The molecule has 9 heteroatoms. The normalized spacial score (nSPS) is 17.4. The zero-order valence-electron chi connectivity index (χ0n) is 21.1. The van der Waals surface area contributed by atoms with Crippen molar-refractivity contribution in [1.82, 2.24) is 14.7 Å². The molecular weight excluding hydrogens is 541 g/mol. The topological polar surface area (TPSA) is 72.7 Å². The smallest absolute Gasteiger partial charge is 0.306 e. The van der Waals surface area contributed by atoms with Gasteiger partial charge < -0.3 is 10.1 Å². The van der Waals surface area contributed by atoms with Gasteiger partial charge in [0.05, 0.1) is 11.5 Å². The SMILES string of the molecule is CCOC(=O)C[C@H]1CC[C@H](c2ccc(-c3cn4cc(C(=O)NCc5c(Cl)cccc5Cl)nc4s3)cc2)CC1. The zero-order chi connectivity index (χ0) is 26.6. The third kappa shape index (κ3) is 6.06. The number of halogens is 2. The van der Waals surface area contributed by atoms with Crippen molar-refractivity contribution in [3.63, 3.8) is 0 Å². The Kier molecular flexibility index (Phi) is 8.36. The number of imidazole rings is 1. The van der Waals surface area contributed by atoms with Crippen molar-refractivity contribution in [2.75, 3.05) is 6.61 Å². The Bertz CT molecular complexity index is 1390. The van der Waals surface area contributed by atoms with E-state index < -0.39 is 0 Å². The van der Waals surface area contributed by atoms with Crippen LogP contribution in [0.5, 0.6) is 0 Å². The van der Waals surface area contributed by atoms with Crippen molar-refractivity contribution in [3.05, 3.63) is 81.7 Å². The van der Waals surface area contributed by atoms with Crippen molar-refractivity contribution >= 4 is 51.4 Å². The van der Waals surface area contributed by atoms with Crippen LogP contribution in [-0.2, 0) is 16.1 Å². The highest BCUT2D eigenvalue weighted by Gasteiger charge is 2.24. The molecule has 2 aromatic heterocycles. The lowest BCUT2D eigenvalue weighted by atomic mass is 9.77. The number of nitrogens with one attached hydrogen (secondary N) is 1. The first-order valence-corrected chi connectivity index (χ1v) is 14.4. The van der Waals surface area contributed by atoms with E-state index in [0.717, 1.165) is 41.1 Å². The second-order valence-electron chi connectivity index (χ2n) is 9.64. The molecule has 1 aliphatic carbocycles. The zero-order valence-corrected chi connectivity index (χ0v) is 23.4. The molecular formula is C29H29Cl2N3O3S. The largest absolute Gasteiger partial charge is 0.466 e. The first kappa shape index (κ1) is 26.7. The molecule has 2 aromatic carbocycles. The second-order valence-corrected chi connectivity index (χ2v) is 11.5. The van der Waals surface area contributed by atoms with E-state index in [1.807, 2.05) is 17.5 Å². The van der Waals surface area contributed by atoms with Crippen LogP contribution in [0.25, 0.3) is 15.4 Å². The molecule has 0 saturated heterocycles. The number of ether oxygens (including phenoxy) is 1. The van der Waals surface area contributed by atoms with Crippen molar-refractivity contribution in [2.45, 2.75) is 51.5 Å². The molecule has 1 saturated carbocycles. The maximum absolute atomic E-state index is 12.7. The Morgan fingerprint density at radius 2 is 1.76 bits per heavy atom. The summed E-state index contributed by atoms with van der Waals surface area (Å²) in [5, 5.41) is 3.88. The Morgan fingerprint density at radius 1 is 1.05 bits per heavy atom. The van der Waals surface area contributed by atoms with Crippen LogP contribution in [0, 0.1) is 5.92 Å². The molecule has 0 bridgehead atoms. The molecule has 1 aliphatic rings. The Balaban J connectivity index is 1.19. The minimum absolute atomic E-state index is 0.0719. The third-order valence-corrected chi connectivity index (χ3v) is 8.90. The molecule has 0 unspecified atom stereocenters. The van der Waals surface area contributed by atoms with Crippen LogP contribution in [0.1, 0.15) is 66.6 Å². The maximum atomic E-state index is 12.7. The van der Waals surface area contributed by atoms with E-state index in [-0.39, 0.29) is 18.4 Å². The van der Waals surface area contributed by atoms with E-state index in [2.05, 4.69) is 34.6 Å². The third-order valence-electron chi connectivity index (χ3n) is 7.15. The Morgan fingerprint density at radius 3 is 2.42 bits per heavy atom. The number of thiazole rings is 1.